The molecule has 0 fully saturated rings. The second-order valence-electron chi connectivity index (χ2n) is 6.55. The molecule has 0 spiro atoms. The molecule has 1 aromatic carbocycles. The fourth-order valence-electron chi connectivity index (χ4n) is 2.98. The maximum Gasteiger partial charge on any atom is 0.273 e. The van der Waals surface area contributed by atoms with Gasteiger partial charge in [0.05, 0.1) is 10.6 Å². The van der Waals surface area contributed by atoms with Gasteiger partial charge in [0, 0.05) is 35.0 Å². The molecule has 0 unspecified atom stereocenters. The van der Waals surface area contributed by atoms with Crippen molar-refractivity contribution in [3.8, 4) is 5.95 Å². The molecule has 3 rings (SSSR count). The van der Waals surface area contributed by atoms with E-state index in [9.17, 15) is 19.7 Å². The molecule has 0 aliphatic rings. The van der Waals surface area contributed by atoms with E-state index in [1.807, 2.05) is 6.92 Å². The third-order valence-electron chi connectivity index (χ3n) is 4.31. The summed E-state index contributed by atoms with van der Waals surface area (Å²) in [6.07, 6.45) is 1.45. The van der Waals surface area contributed by atoms with Crippen LogP contribution in [-0.2, 0) is 6.42 Å². The van der Waals surface area contributed by atoms with Crippen LogP contribution in [0.5, 0.6) is 0 Å². The molecular weight excluding hydrogens is 376 g/mol. The van der Waals surface area contributed by atoms with Crippen LogP contribution in [-0.4, -0.2) is 30.6 Å². The highest BCUT2D eigenvalue weighted by Gasteiger charge is 2.20. The molecule has 29 heavy (non-hydrogen) atoms. The zero-order valence-electron chi connectivity index (χ0n) is 16.2. The maximum absolute atomic E-state index is 12.8. The third-order valence-corrected chi connectivity index (χ3v) is 4.31. The van der Waals surface area contributed by atoms with Gasteiger partial charge in [-0.1, -0.05) is 19.4 Å². The first-order chi connectivity index (χ1) is 13.8. The molecule has 0 aliphatic carbocycles. The third kappa shape index (κ3) is 4.21. The summed E-state index contributed by atoms with van der Waals surface area (Å²) in [4.78, 5) is 42.4. The molecule has 0 saturated heterocycles. The van der Waals surface area contributed by atoms with E-state index in [-0.39, 0.29) is 34.1 Å². The van der Waals surface area contributed by atoms with Gasteiger partial charge in [-0.3, -0.25) is 24.7 Å². The average molecular weight is 396 g/mol. The number of carbonyl (C=O) groups excluding carboxylic acids is 1. The largest absolute Gasteiger partial charge is 0.306 e. The zero-order chi connectivity index (χ0) is 21.1. The first-order valence-electron chi connectivity index (χ1n) is 9.02. The summed E-state index contributed by atoms with van der Waals surface area (Å²) in [6, 6.07) is 7.35. The van der Waals surface area contributed by atoms with Crippen molar-refractivity contribution >= 4 is 17.4 Å². The Bertz CT molecular complexity index is 1150. The summed E-state index contributed by atoms with van der Waals surface area (Å²) in [6.45, 7) is 5.23. The molecule has 3 aromatic rings. The number of hydrogen-bond donors (Lipinski definition) is 2. The number of benzene rings is 1. The van der Waals surface area contributed by atoms with Gasteiger partial charge in [-0.15, -0.1) is 0 Å². The number of rotatable bonds is 6. The summed E-state index contributed by atoms with van der Waals surface area (Å²) in [7, 11) is 0. The number of aromatic nitrogens is 4. The van der Waals surface area contributed by atoms with E-state index in [2.05, 4.69) is 20.4 Å². The number of anilines is 1. The summed E-state index contributed by atoms with van der Waals surface area (Å²) in [5.74, 6) is -0.0604. The Morgan fingerprint density at radius 3 is 2.76 bits per heavy atom. The van der Waals surface area contributed by atoms with Crippen molar-refractivity contribution in [2.45, 2.75) is 33.6 Å². The van der Waals surface area contributed by atoms with E-state index in [0.29, 0.717) is 17.8 Å². The number of carbonyl (C=O) groups is 1. The monoisotopic (exact) mass is 396 g/mol. The van der Waals surface area contributed by atoms with Gasteiger partial charge in [-0.2, -0.15) is 9.78 Å². The van der Waals surface area contributed by atoms with Gasteiger partial charge in [0.25, 0.3) is 17.2 Å². The molecule has 2 N–H and O–H groups in total. The van der Waals surface area contributed by atoms with Crippen LogP contribution in [0.15, 0.2) is 35.1 Å². The highest BCUT2D eigenvalue weighted by Crippen LogP contribution is 2.23. The standard InChI is InChI=1S/C19H20N6O4/c1-4-6-13-10-17(26)22-19(20-13)24-16(9-11(2)23-24)21-18(27)14-7-5-8-15(12(14)3)25(28)29/h5,7-10H,4,6H2,1-3H3,(H,21,27)(H,20,22,26). The van der Waals surface area contributed by atoms with Gasteiger partial charge in [-0.05, 0) is 26.3 Å². The number of H-pyrrole nitrogens is 1. The van der Waals surface area contributed by atoms with Crippen LogP contribution in [0.3, 0.4) is 0 Å². The van der Waals surface area contributed by atoms with Crippen LogP contribution >= 0.6 is 0 Å². The maximum atomic E-state index is 12.8. The molecule has 2 aromatic heterocycles. The molecule has 150 valence electrons. The van der Waals surface area contributed by atoms with Gasteiger partial charge >= 0.3 is 0 Å². The zero-order valence-corrected chi connectivity index (χ0v) is 16.2. The van der Waals surface area contributed by atoms with Gasteiger partial charge in [-0.25, -0.2) is 4.98 Å². The fraction of sp³-hybridized carbons (Fsp3) is 0.263. The summed E-state index contributed by atoms with van der Waals surface area (Å²) < 4.78 is 1.33. The van der Waals surface area contributed by atoms with Crippen LogP contribution < -0.4 is 10.9 Å². The molecule has 10 heteroatoms. The number of aromatic amines is 1. The van der Waals surface area contributed by atoms with E-state index in [0.717, 1.165) is 6.42 Å². The van der Waals surface area contributed by atoms with E-state index in [4.69, 9.17) is 0 Å². The van der Waals surface area contributed by atoms with E-state index >= 15 is 0 Å². The van der Waals surface area contributed by atoms with Crippen molar-refractivity contribution in [1.82, 2.24) is 19.7 Å². The summed E-state index contributed by atoms with van der Waals surface area (Å²) in [5, 5.41) is 18.1. The Balaban J connectivity index is 1.99. The minimum absolute atomic E-state index is 0.138. The number of hydrogen-bond acceptors (Lipinski definition) is 6. The highest BCUT2D eigenvalue weighted by molar-refractivity contribution is 6.05. The molecule has 0 saturated carbocycles. The fourth-order valence-corrected chi connectivity index (χ4v) is 2.98. The van der Waals surface area contributed by atoms with E-state index < -0.39 is 10.8 Å². The van der Waals surface area contributed by atoms with Gasteiger partial charge in [0.2, 0.25) is 5.95 Å². The number of nitro benzene ring substituents is 1. The molecule has 1 amide bonds. The van der Waals surface area contributed by atoms with E-state index in [1.54, 1.807) is 13.0 Å². The van der Waals surface area contributed by atoms with Gasteiger partial charge in [0.1, 0.15) is 5.82 Å². The first kappa shape index (κ1) is 19.9. The van der Waals surface area contributed by atoms with Crippen molar-refractivity contribution in [2.75, 3.05) is 5.32 Å². The second kappa shape index (κ2) is 8.05. The Morgan fingerprint density at radius 2 is 2.07 bits per heavy atom. The second-order valence-corrected chi connectivity index (χ2v) is 6.55. The Labute approximate surface area is 165 Å². The van der Waals surface area contributed by atoms with Gasteiger partial charge in [0.15, 0.2) is 0 Å². The number of aryl methyl sites for hydroxylation is 2. The summed E-state index contributed by atoms with van der Waals surface area (Å²) in [5.41, 5.74) is 1.19. The molecule has 10 nitrogen and oxygen atoms in total. The number of nitrogens with one attached hydrogen (secondary N) is 2. The summed E-state index contributed by atoms with van der Waals surface area (Å²) >= 11 is 0. The lowest BCUT2D eigenvalue weighted by Gasteiger charge is -2.10. The topological polar surface area (TPSA) is 136 Å². The van der Waals surface area contributed by atoms with Crippen LogP contribution in [0.4, 0.5) is 11.5 Å². The van der Waals surface area contributed by atoms with Crippen LogP contribution in [0.25, 0.3) is 5.95 Å². The Morgan fingerprint density at radius 1 is 1.31 bits per heavy atom. The molecule has 0 radical (unpaired) electrons. The highest BCUT2D eigenvalue weighted by atomic mass is 16.6. The number of nitrogens with zero attached hydrogens (tertiary/aromatic N) is 4. The lowest BCUT2D eigenvalue weighted by atomic mass is 10.1. The molecule has 0 aliphatic heterocycles. The number of amides is 1. The van der Waals surface area contributed by atoms with E-state index in [1.165, 1.54) is 35.9 Å². The Hall–Kier alpha value is -3.82. The normalized spacial score (nSPS) is 10.7. The predicted molar refractivity (Wildman–Crippen MR) is 106 cm³/mol. The molecule has 0 atom stereocenters. The Kier molecular flexibility index (Phi) is 5.53. The smallest absolute Gasteiger partial charge is 0.273 e. The van der Waals surface area contributed by atoms with Gasteiger partial charge < -0.3 is 5.32 Å². The minimum Gasteiger partial charge on any atom is -0.306 e. The minimum atomic E-state index is -0.533. The van der Waals surface area contributed by atoms with Crippen molar-refractivity contribution in [1.29, 1.82) is 0 Å². The lowest BCUT2D eigenvalue weighted by molar-refractivity contribution is -0.385. The van der Waals surface area contributed by atoms with Crippen LogP contribution in [0.2, 0.25) is 0 Å². The molecule has 0 bridgehead atoms. The van der Waals surface area contributed by atoms with Crippen molar-refractivity contribution in [3.63, 3.8) is 0 Å². The average Bonchev–Trinajstić information content (AvgIpc) is 3.01. The molecular formula is C19H20N6O4. The lowest BCUT2D eigenvalue weighted by Crippen LogP contribution is -2.20. The SMILES string of the molecule is CCCc1cc(=O)[nH]c(-n2nc(C)cc2NC(=O)c2cccc([N+](=O)[O-])c2C)n1. The number of nitro groups is 1. The van der Waals surface area contributed by atoms with Crippen LogP contribution in [0.1, 0.15) is 40.7 Å². The predicted octanol–water partition coefficient (Wildman–Crippen LogP) is 2.69. The van der Waals surface area contributed by atoms with Crippen LogP contribution in [0, 0.1) is 24.0 Å². The molecule has 2 heterocycles. The van der Waals surface area contributed by atoms with Crippen molar-refractivity contribution in [2.24, 2.45) is 0 Å². The quantitative estimate of drug-likeness (QED) is 0.486. The van der Waals surface area contributed by atoms with Crippen molar-refractivity contribution in [3.05, 3.63) is 73.3 Å². The van der Waals surface area contributed by atoms with Crippen molar-refractivity contribution < 1.29 is 9.72 Å². The first-order valence-corrected chi connectivity index (χ1v) is 9.02.